The zero-order chi connectivity index (χ0) is 13.9. The summed E-state index contributed by atoms with van der Waals surface area (Å²) in [4.78, 5) is 0. The van der Waals surface area contributed by atoms with Crippen LogP contribution in [0, 0.1) is 0 Å². The first-order valence-electron chi connectivity index (χ1n) is 6.92. The monoisotopic (exact) mass is 322 g/mol. The van der Waals surface area contributed by atoms with Gasteiger partial charge < -0.3 is 0 Å². The standard InChI is InChI=1S/C19H15Br/c1-19(2)17-10-8-13(20)11-16(17)15-9-7-12-5-3-4-6-14(12)18(15)19/h3-11H,1-2H3. The molecule has 0 heterocycles. The maximum absolute atomic E-state index is 3.60. The van der Waals surface area contributed by atoms with Crippen LogP contribution in [0.1, 0.15) is 25.0 Å². The summed E-state index contributed by atoms with van der Waals surface area (Å²) in [5.74, 6) is 0. The Morgan fingerprint density at radius 1 is 0.850 bits per heavy atom. The second-order valence-electron chi connectivity index (χ2n) is 6.02. The Kier molecular flexibility index (Phi) is 2.41. The van der Waals surface area contributed by atoms with Crippen LogP contribution in [0.4, 0.5) is 0 Å². The zero-order valence-electron chi connectivity index (χ0n) is 11.6. The summed E-state index contributed by atoms with van der Waals surface area (Å²) in [6.07, 6.45) is 0. The third kappa shape index (κ3) is 1.47. The summed E-state index contributed by atoms with van der Waals surface area (Å²) < 4.78 is 1.15. The molecule has 0 aromatic heterocycles. The van der Waals surface area contributed by atoms with Crippen molar-refractivity contribution >= 4 is 26.7 Å². The molecule has 0 saturated carbocycles. The van der Waals surface area contributed by atoms with E-state index in [1.165, 1.54) is 33.0 Å². The van der Waals surface area contributed by atoms with Crippen LogP contribution < -0.4 is 0 Å². The van der Waals surface area contributed by atoms with E-state index in [-0.39, 0.29) is 5.41 Å². The molecule has 3 aromatic carbocycles. The van der Waals surface area contributed by atoms with Gasteiger partial charge in [0.05, 0.1) is 0 Å². The normalized spacial score (nSPS) is 15.2. The van der Waals surface area contributed by atoms with E-state index in [1.54, 1.807) is 0 Å². The van der Waals surface area contributed by atoms with E-state index >= 15 is 0 Å². The molecule has 0 aliphatic heterocycles. The Balaban J connectivity index is 2.18. The molecule has 0 amide bonds. The van der Waals surface area contributed by atoms with Gasteiger partial charge in [0.2, 0.25) is 0 Å². The van der Waals surface area contributed by atoms with Gasteiger partial charge in [0.25, 0.3) is 0 Å². The minimum atomic E-state index is 0.0617. The number of hydrogen-bond donors (Lipinski definition) is 0. The summed E-state index contributed by atoms with van der Waals surface area (Å²) >= 11 is 3.60. The second kappa shape index (κ2) is 3.95. The second-order valence-corrected chi connectivity index (χ2v) is 6.94. The van der Waals surface area contributed by atoms with Crippen molar-refractivity contribution in [1.82, 2.24) is 0 Å². The van der Waals surface area contributed by atoms with Crippen LogP contribution in [0.5, 0.6) is 0 Å². The Morgan fingerprint density at radius 3 is 2.50 bits per heavy atom. The molecular formula is C19H15Br. The molecule has 1 aliphatic rings. The lowest BCUT2D eigenvalue weighted by Crippen LogP contribution is -2.15. The lowest BCUT2D eigenvalue weighted by atomic mass is 9.80. The van der Waals surface area contributed by atoms with Crippen molar-refractivity contribution in [3.05, 3.63) is 70.2 Å². The van der Waals surface area contributed by atoms with Gasteiger partial charge in [-0.15, -0.1) is 0 Å². The highest BCUT2D eigenvalue weighted by molar-refractivity contribution is 9.10. The van der Waals surface area contributed by atoms with Crippen LogP contribution in [-0.2, 0) is 5.41 Å². The van der Waals surface area contributed by atoms with E-state index < -0.39 is 0 Å². The number of fused-ring (bicyclic) bond motifs is 5. The van der Waals surface area contributed by atoms with Crippen LogP contribution >= 0.6 is 15.9 Å². The SMILES string of the molecule is CC1(C)c2ccc(Br)cc2-c2ccc3ccccc3c21. The van der Waals surface area contributed by atoms with Crippen molar-refractivity contribution in [1.29, 1.82) is 0 Å². The Morgan fingerprint density at radius 2 is 1.65 bits per heavy atom. The fourth-order valence-corrected chi connectivity index (χ4v) is 3.95. The molecule has 0 nitrogen and oxygen atoms in total. The van der Waals surface area contributed by atoms with Gasteiger partial charge in [0.15, 0.2) is 0 Å². The van der Waals surface area contributed by atoms with Crippen molar-refractivity contribution in [2.24, 2.45) is 0 Å². The third-order valence-corrected chi connectivity index (χ3v) is 4.99. The van der Waals surface area contributed by atoms with Crippen LogP contribution in [0.25, 0.3) is 21.9 Å². The van der Waals surface area contributed by atoms with Crippen molar-refractivity contribution < 1.29 is 0 Å². The fraction of sp³-hybridized carbons (Fsp3) is 0.158. The molecule has 0 atom stereocenters. The lowest BCUT2D eigenvalue weighted by molar-refractivity contribution is 0.666. The minimum Gasteiger partial charge on any atom is -0.0616 e. The largest absolute Gasteiger partial charge is 0.0616 e. The fourth-order valence-electron chi connectivity index (χ4n) is 3.59. The average molecular weight is 323 g/mol. The Bertz CT molecular complexity index is 844. The summed E-state index contributed by atoms with van der Waals surface area (Å²) in [6.45, 7) is 4.66. The molecule has 0 radical (unpaired) electrons. The molecule has 0 fully saturated rings. The predicted molar refractivity (Wildman–Crippen MR) is 89.2 cm³/mol. The molecule has 0 bridgehead atoms. The van der Waals surface area contributed by atoms with Crippen LogP contribution in [-0.4, -0.2) is 0 Å². The zero-order valence-corrected chi connectivity index (χ0v) is 13.2. The summed E-state index contributed by atoms with van der Waals surface area (Å²) in [6, 6.07) is 19.9. The number of benzene rings is 3. The van der Waals surface area contributed by atoms with Gasteiger partial charge in [-0.2, -0.15) is 0 Å². The minimum absolute atomic E-state index is 0.0617. The van der Waals surface area contributed by atoms with E-state index in [4.69, 9.17) is 0 Å². The maximum atomic E-state index is 3.60. The molecule has 0 saturated heterocycles. The van der Waals surface area contributed by atoms with Gasteiger partial charge in [-0.1, -0.05) is 72.2 Å². The summed E-state index contributed by atoms with van der Waals surface area (Å²) in [5.41, 5.74) is 5.69. The molecule has 1 heteroatoms. The van der Waals surface area contributed by atoms with Crippen LogP contribution in [0.15, 0.2) is 59.1 Å². The van der Waals surface area contributed by atoms with E-state index in [2.05, 4.69) is 84.4 Å². The van der Waals surface area contributed by atoms with Crippen molar-refractivity contribution in [3.63, 3.8) is 0 Å². The van der Waals surface area contributed by atoms with E-state index in [0.717, 1.165) is 4.47 Å². The van der Waals surface area contributed by atoms with Gasteiger partial charge in [-0.25, -0.2) is 0 Å². The average Bonchev–Trinajstić information content (AvgIpc) is 2.67. The molecular weight excluding hydrogens is 308 g/mol. The summed E-state index contributed by atoms with van der Waals surface area (Å²) in [5, 5.41) is 2.70. The van der Waals surface area contributed by atoms with E-state index in [9.17, 15) is 0 Å². The predicted octanol–water partition coefficient (Wildman–Crippen LogP) is 5.91. The van der Waals surface area contributed by atoms with Gasteiger partial charge in [-0.3, -0.25) is 0 Å². The topological polar surface area (TPSA) is 0 Å². The number of rotatable bonds is 0. The molecule has 3 aromatic rings. The summed E-state index contributed by atoms with van der Waals surface area (Å²) in [7, 11) is 0. The molecule has 20 heavy (non-hydrogen) atoms. The van der Waals surface area contributed by atoms with E-state index in [0.29, 0.717) is 0 Å². The molecule has 0 N–H and O–H groups in total. The highest BCUT2D eigenvalue weighted by Crippen LogP contribution is 2.51. The van der Waals surface area contributed by atoms with Crippen LogP contribution in [0.3, 0.4) is 0 Å². The molecule has 4 rings (SSSR count). The highest BCUT2D eigenvalue weighted by Gasteiger charge is 2.36. The Labute approximate surface area is 127 Å². The van der Waals surface area contributed by atoms with Gasteiger partial charge in [-0.05, 0) is 45.2 Å². The first-order valence-corrected chi connectivity index (χ1v) is 7.71. The molecule has 98 valence electrons. The highest BCUT2D eigenvalue weighted by atomic mass is 79.9. The first kappa shape index (κ1) is 12.2. The lowest BCUT2D eigenvalue weighted by Gasteiger charge is -2.23. The van der Waals surface area contributed by atoms with E-state index in [1.807, 2.05) is 0 Å². The van der Waals surface area contributed by atoms with Crippen molar-refractivity contribution in [3.8, 4) is 11.1 Å². The third-order valence-electron chi connectivity index (χ3n) is 4.50. The van der Waals surface area contributed by atoms with Crippen molar-refractivity contribution in [2.45, 2.75) is 19.3 Å². The van der Waals surface area contributed by atoms with Crippen LogP contribution in [0.2, 0.25) is 0 Å². The molecule has 0 unspecified atom stereocenters. The maximum Gasteiger partial charge on any atom is 0.0181 e. The first-order chi connectivity index (χ1) is 9.59. The van der Waals surface area contributed by atoms with Gasteiger partial charge >= 0.3 is 0 Å². The Hall–Kier alpha value is -1.60. The number of halogens is 1. The van der Waals surface area contributed by atoms with Gasteiger partial charge in [0.1, 0.15) is 0 Å². The van der Waals surface area contributed by atoms with Gasteiger partial charge in [0, 0.05) is 9.89 Å². The smallest absolute Gasteiger partial charge is 0.0181 e. The molecule has 0 spiro atoms. The molecule has 1 aliphatic carbocycles. The quantitative estimate of drug-likeness (QED) is 0.482. The number of hydrogen-bond acceptors (Lipinski definition) is 0. The van der Waals surface area contributed by atoms with Crippen molar-refractivity contribution in [2.75, 3.05) is 0 Å².